The van der Waals surface area contributed by atoms with Crippen LogP contribution in [-0.2, 0) is 4.74 Å². The Balaban J connectivity index is 0.000000828. The van der Waals surface area contributed by atoms with Crippen molar-refractivity contribution in [3.8, 4) is 5.75 Å². The van der Waals surface area contributed by atoms with Gasteiger partial charge in [0.25, 0.3) is 0 Å². The highest BCUT2D eigenvalue weighted by Gasteiger charge is 2.27. The Morgan fingerprint density at radius 1 is 1.30 bits per heavy atom. The first kappa shape index (κ1) is 23.3. The molecule has 0 amide bonds. The minimum Gasteiger partial charge on any atom is -0.495 e. The molecule has 7 heteroatoms. The van der Waals surface area contributed by atoms with Gasteiger partial charge in [0.15, 0.2) is 11.7 Å². The molecule has 1 unspecified atom stereocenters. The van der Waals surface area contributed by atoms with E-state index in [0.29, 0.717) is 27.4 Å². The van der Waals surface area contributed by atoms with Crippen LogP contribution in [0.1, 0.15) is 44.1 Å². The third-order valence-corrected chi connectivity index (χ3v) is 4.88. The lowest BCUT2D eigenvalue weighted by Gasteiger charge is -2.32. The van der Waals surface area contributed by atoms with Crippen molar-refractivity contribution in [1.82, 2.24) is 4.57 Å². The maximum atomic E-state index is 12.5. The van der Waals surface area contributed by atoms with E-state index >= 15 is 0 Å². The highest BCUT2D eigenvalue weighted by atomic mass is 79.9. The lowest BCUT2D eigenvalue weighted by molar-refractivity contribution is 0.111. The molecule has 1 aromatic heterocycles. The van der Waals surface area contributed by atoms with E-state index < -0.39 is 0 Å². The number of aliphatic hydroxyl groups excluding tert-OH is 1. The molecular weight excluding hydrogens is 414 g/mol. The Bertz CT molecular complexity index is 837. The summed E-state index contributed by atoms with van der Waals surface area (Å²) in [4.78, 5) is 23.7. The largest absolute Gasteiger partial charge is 0.495 e. The summed E-state index contributed by atoms with van der Waals surface area (Å²) in [5, 5.41) is 10.3. The molecule has 0 fully saturated rings. The van der Waals surface area contributed by atoms with Crippen molar-refractivity contribution >= 4 is 33.1 Å². The maximum absolute atomic E-state index is 12.5. The van der Waals surface area contributed by atoms with Crippen molar-refractivity contribution in [2.24, 2.45) is 5.41 Å². The van der Waals surface area contributed by atoms with E-state index in [9.17, 15) is 14.7 Å². The summed E-state index contributed by atoms with van der Waals surface area (Å²) >= 11 is 3.37. The van der Waals surface area contributed by atoms with Gasteiger partial charge in [-0.15, -0.1) is 0 Å². The van der Waals surface area contributed by atoms with E-state index in [1.54, 1.807) is 30.9 Å². The smallest absolute Gasteiger partial charge is 0.199 e. The van der Waals surface area contributed by atoms with Crippen LogP contribution in [0.3, 0.4) is 0 Å². The predicted octanol–water partition coefficient (Wildman–Crippen LogP) is 3.82. The maximum Gasteiger partial charge on any atom is 0.199 e. The number of aromatic nitrogens is 1. The first-order valence-electron chi connectivity index (χ1n) is 8.63. The normalized spacial score (nSPS) is 12.3. The molecule has 150 valence electrons. The number of methoxy groups -OCH3 is 2. The first-order valence-corrected chi connectivity index (χ1v) is 9.42. The number of pyridine rings is 1. The number of halogens is 1. The van der Waals surface area contributed by atoms with E-state index in [-0.39, 0.29) is 29.1 Å². The second kappa shape index (κ2) is 10.0. The summed E-state index contributed by atoms with van der Waals surface area (Å²) in [5.74, 6) is 0.579. The quantitative estimate of drug-likeness (QED) is 0.713. The Hall–Kier alpha value is -1.70. The van der Waals surface area contributed by atoms with Crippen LogP contribution in [-0.4, -0.2) is 43.4 Å². The second-order valence-electron chi connectivity index (χ2n) is 7.08. The summed E-state index contributed by atoms with van der Waals surface area (Å²) in [6.07, 6.45) is 2.06. The van der Waals surface area contributed by atoms with Gasteiger partial charge in [-0.25, -0.2) is 0 Å². The zero-order valence-electron chi connectivity index (χ0n) is 16.7. The van der Waals surface area contributed by atoms with Crippen LogP contribution in [0, 0.1) is 5.41 Å². The van der Waals surface area contributed by atoms with E-state index in [2.05, 4.69) is 20.7 Å². The number of carbonyl (C=O) groups excluding carboxylic acids is 1. The molecule has 1 atom stereocenters. The molecule has 0 spiro atoms. The molecular formula is C20H28BrNO5. The van der Waals surface area contributed by atoms with Gasteiger partial charge in [-0.2, -0.15) is 0 Å². The molecule has 1 N–H and O–H groups in total. The first-order chi connectivity index (χ1) is 12.7. The van der Waals surface area contributed by atoms with Crippen LogP contribution in [0.15, 0.2) is 27.6 Å². The highest BCUT2D eigenvalue weighted by molar-refractivity contribution is 9.10. The van der Waals surface area contributed by atoms with E-state index in [4.69, 9.17) is 4.74 Å². The molecule has 0 aliphatic carbocycles. The predicted molar refractivity (Wildman–Crippen MR) is 111 cm³/mol. The number of hydrogen-bond donors (Lipinski definition) is 1. The van der Waals surface area contributed by atoms with Crippen molar-refractivity contribution in [2.45, 2.75) is 33.7 Å². The number of hydrogen-bond acceptors (Lipinski definition) is 5. The van der Waals surface area contributed by atoms with Gasteiger partial charge in [0.05, 0.1) is 35.3 Å². The van der Waals surface area contributed by atoms with Crippen molar-refractivity contribution in [2.75, 3.05) is 27.4 Å². The fraction of sp³-hybridized carbons (Fsp3) is 0.500. The number of fused-ring (bicyclic) bond motifs is 1. The Kier molecular flexibility index (Phi) is 8.65. The molecule has 2 rings (SSSR count). The second-order valence-corrected chi connectivity index (χ2v) is 7.94. The number of rotatable bonds is 5. The van der Waals surface area contributed by atoms with Crippen molar-refractivity contribution in [3.05, 3.63) is 38.6 Å². The lowest BCUT2D eigenvalue weighted by atomic mass is 9.86. The van der Waals surface area contributed by atoms with Crippen molar-refractivity contribution in [3.63, 3.8) is 0 Å². The number of carbonyl (C=O) groups is 1. The molecule has 6 nitrogen and oxygen atoms in total. The zero-order valence-corrected chi connectivity index (χ0v) is 18.3. The van der Waals surface area contributed by atoms with Crippen LogP contribution in [0.25, 0.3) is 10.9 Å². The van der Waals surface area contributed by atoms with Gasteiger partial charge in [0.1, 0.15) is 5.75 Å². The van der Waals surface area contributed by atoms with E-state index in [0.717, 1.165) is 6.61 Å². The summed E-state index contributed by atoms with van der Waals surface area (Å²) in [5.41, 5.74) is 0.0871. The summed E-state index contributed by atoms with van der Waals surface area (Å²) in [7, 11) is 3.22. The Morgan fingerprint density at radius 3 is 2.30 bits per heavy atom. The number of nitrogens with zero attached hydrogens (tertiary/aromatic N) is 1. The van der Waals surface area contributed by atoms with Gasteiger partial charge in [-0.3, -0.25) is 9.59 Å². The molecule has 0 saturated heterocycles. The van der Waals surface area contributed by atoms with Crippen LogP contribution < -0.4 is 10.2 Å². The van der Waals surface area contributed by atoms with Gasteiger partial charge in [-0.1, -0.05) is 20.8 Å². The van der Waals surface area contributed by atoms with Crippen LogP contribution in [0.4, 0.5) is 0 Å². The zero-order chi connectivity index (χ0) is 20.8. The molecule has 2 aromatic rings. The van der Waals surface area contributed by atoms with Gasteiger partial charge >= 0.3 is 0 Å². The Labute approximate surface area is 168 Å². The number of aliphatic hydroxyl groups is 1. The van der Waals surface area contributed by atoms with Crippen LogP contribution >= 0.6 is 15.9 Å². The Morgan fingerprint density at radius 2 is 1.89 bits per heavy atom. The van der Waals surface area contributed by atoms with Gasteiger partial charge in [0, 0.05) is 31.4 Å². The van der Waals surface area contributed by atoms with E-state index in [1.165, 1.54) is 6.20 Å². The summed E-state index contributed by atoms with van der Waals surface area (Å²) < 4.78 is 12.3. The number of aldehydes is 1. The molecule has 0 radical (unpaired) electrons. The lowest BCUT2D eigenvalue weighted by Crippen LogP contribution is -2.29. The monoisotopic (exact) mass is 441 g/mol. The summed E-state index contributed by atoms with van der Waals surface area (Å²) in [6, 6.07) is 3.09. The minimum absolute atomic E-state index is 0.0669. The number of benzene rings is 1. The van der Waals surface area contributed by atoms with Crippen molar-refractivity contribution < 1.29 is 19.4 Å². The fourth-order valence-corrected chi connectivity index (χ4v) is 3.15. The fourth-order valence-electron chi connectivity index (χ4n) is 2.65. The van der Waals surface area contributed by atoms with Crippen LogP contribution in [0.5, 0.6) is 5.75 Å². The minimum atomic E-state index is -0.333. The molecule has 1 aromatic carbocycles. The molecule has 0 aliphatic rings. The average molecular weight is 442 g/mol. The highest BCUT2D eigenvalue weighted by Crippen LogP contribution is 2.35. The standard InChI is InChI=1S/C17H20BrNO4.C3H8O/c1-17(2,3)15(9-21)19-7-10(8-20)16(22)11-5-12(18)14(23-4)6-13(11)19;1-3-4-2/h5-8,15,21H,9H2,1-4H3;3H2,1-2H3. The summed E-state index contributed by atoms with van der Waals surface area (Å²) in [6.45, 7) is 8.65. The third-order valence-electron chi connectivity index (χ3n) is 4.26. The van der Waals surface area contributed by atoms with Gasteiger partial charge in [0.2, 0.25) is 0 Å². The molecule has 1 heterocycles. The van der Waals surface area contributed by atoms with Crippen LogP contribution in [0.2, 0.25) is 0 Å². The van der Waals surface area contributed by atoms with Gasteiger partial charge in [-0.05, 0) is 34.3 Å². The SMILES string of the molecule is CCOC.COc1cc2c(cc1Br)c(=O)c(C=O)cn2C(CO)C(C)(C)C. The topological polar surface area (TPSA) is 77.8 Å². The molecule has 0 saturated carbocycles. The number of ether oxygens (including phenoxy) is 2. The van der Waals surface area contributed by atoms with E-state index in [1.807, 2.05) is 27.7 Å². The molecule has 0 bridgehead atoms. The van der Waals surface area contributed by atoms with Crippen molar-refractivity contribution in [1.29, 1.82) is 0 Å². The average Bonchev–Trinajstić information content (AvgIpc) is 2.63. The molecule has 27 heavy (non-hydrogen) atoms. The van der Waals surface area contributed by atoms with Gasteiger partial charge < -0.3 is 19.1 Å². The molecule has 0 aliphatic heterocycles. The third kappa shape index (κ3) is 5.40.